The Bertz CT molecular complexity index is 1070. The van der Waals surface area contributed by atoms with E-state index in [4.69, 9.17) is 32.6 Å². The van der Waals surface area contributed by atoms with Crippen molar-refractivity contribution < 1.29 is 4.43 Å². The number of aryl methyl sites for hydroxylation is 1. The van der Waals surface area contributed by atoms with E-state index in [1.807, 2.05) is 17.9 Å². The van der Waals surface area contributed by atoms with Crippen LogP contribution in [0.25, 0.3) is 10.8 Å². The molecule has 0 bridgehead atoms. The van der Waals surface area contributed by atoms with Gasteiger partial charge in [0.05, 0.1) is 12.0 Å². The van der Waals surface area contributed by atoms with E-state index in [0.717, 1.165) is 16.6 Å². The lowest BCUT2D eigenvalue weighted by Gasteiger charge is -2.45. The third kappa shape index (κ3) is 6.52. The van der Waals surface area contributed by atoms with E-state index < -0.39 is 20.3 Å². The Morgan fingerprint density at radius 1 is 1.18 bits per heavy atom. The predicted octanol–water partition coefficient (Wildman–Crippen LogP) is 5.11. The quantitative estimate of drug-likeness (QED) is 0.429. The summed E-state index contributed by atoms with van der Waals surface area (Å²) < 4.78 is 10.3. The van der Waals surface area contributed by atoms with E-state index in [9.17, 15) is 0 Å². The van der Waals surface area contributed by atoms with Crippen molar-refractivity contribution in [3.63, 3.8) is 0 Å². The zero-order chi connectivity index (χ0) is 25.0. The van der Waals surface area contributed by atoms with Crippen molar-refractivity contribution in [2.24, 2.45) is 7.05 Å². The molecule has 1 heterocycles. The van der Waals surface area contributed by atoms with Crippen LogP contribution in [0, 0.1) is 0 Å². The van der Waals surface area contributed by atoms with Crippen LogP contribution in [0.3, 0.4) is 0 Å². The largest absolute Gasteiger partial charge is 0.402 e. The minimum absolute atomic E-state index is 0.105. The smallest absolute Gasteiger partial charge is 0.193 e. The Morgan fingerprint density at radius 2 is 1.82 bits per heavy atom. The van der Waals surface area contributed by atoms with Gasteiger partial charge in [0, 0.05) is 54.4 Å². The van der Waals surface area contributed by atoms with E-state index in [1.54, 1.807) is 0 Å². The molecular formula is C23H31B5BrN2OSi. The second-order valence-corrected chi connectivity index (χ2v) is 15.5. The van der Waals surface area contributed by atoms with E-state index in [2.05, 4.69) is 99.3 Å². The lowest BCUT2D eigenvalue weighted by Crippen LogP contribution is -2.49. The topological polar surface area (TPSA) is 27.1 Å². The number of aromatic nitrogens is 2. The SMILES string of the molecule is CCC(O[Si](C)(C)C(C)(C)C)(c1cn(C)cn1)c1cccc2ccc(Br)cc12.[B][B]B([B])[B]. The van der Waals surface area contributed by atoms with Gasteiger partial charge in [-0.1, -0.05) is 67.9 Å². The molecule has 0 aliphatic heterocycles. The molecule has 0 fully saturated rings. The number of fused-ring (bicyclic) bond motifs is 1. The fourth-order valence-electron chi connectivity index (χ4n) is 3.50. The van der Waals surface area contributed by atoms with Gasteiger partial charge in [0.25, 0.3) is 0 Å². The molecule has 0 amide bonds. The fourth-order valence-corrected chi connectivity index (χ4v) is 5.39. The van der Waals surface area contributed by atoms with Gasteiger partial charge in [-0.2, -0.15) is 0 Å². The zero-order valence-corrected chi connectivity index (χ0v) is 23.5. The Balaban J connectivity index is 0.000000696. The molecule has 165 valence electrons. The molecule has 7 radical (unpaired) electrons. The lowest BCUT2D eigenvalue weighted by atomic mass is 8.97. The maximum absolute atomic E-state index is 7.22. The van der Waals surface area contributed by atoms with Crippen LogP contribution in [0.15, 0.2) is 53.4 Å². The summed E-state index contributed by atoms with van der Waals surface area (Å²) in [4.78, 5) is 4.78. The van der Waals surface area contributed by atoms with Crippen molar-refractivity contribution in [3.8, 4) is 0 Å². The van der Waals surface area contributed by atoms with Crippen LogP contribution in [0.2, 0.25) is 18.1 Å². The van der Waals surface area contributed by atoms with Gasteiger partial charge in [0.2, 0.25) is 0 Å². The maximum Gasteiger partial charge on any atom is 0.193 e. The van der Waals surface area contributed by atoms with E-state index >= 15 is 0 Å². The molecule has 2 aromatic carbocycles. The van der Waals surface area contributed by atoms with Crippen LogP contribution in [0.5, 0.6) is 0 Å². The predicted molar refractivity (Wildman–Crippen MR) is 153 cm³/mol. The van der Waals surface area contributed by atoms with Crippen molar-refractivity contribution in [3.05, 3.63) is 64.7 Å². The van der Waals surface area contributed by atoms with E-state index in [0.29, 0.717) is 0 Å². The van der Waals surface area contributed by atoms with Gasteiger partial charge in [-0.3, -0.25) is 0 Å². The molecule has 3 nitrogen and oxygen atoms in total. The molecule has 3 rings (SSSR count). The standard InChI is InChI=1S/C23H31BrN2OSi.B5/c1-8-23(21-15-26(5)16-25-21,27-28(6,7)22(2,3)4)20-11-9-10-17-12-13-18(24)14-19(17)20;1-4-5(2)3/h9-16H,8H2,1-7H3;. The number of imidazole rings is 1. The van der Waals surface area contributed by atoms with Crippen LogP contribution < -0.4 is 0 Å². The second-order valence-electron chi connectivity index (χ2n) is 9.91. The highest BCUT2D eigenvalue weighted by molar-refractivity contribution is 9.10. The highest BCUT2D eigenvalue weighted by Crippen LogP contribution is 2.47. The summed E-state index contributed by atoms with van der Waals surface area (Å²) in [5.74, 6) is 0. The van der Waals surface area contributed by atoms with Crippen LogP contribution in [0.4, 0.5) is 0 Å². The Labute approximate surface area is 214 Å². The van der Waals surface area contributed by atoms with Crippen LogP contribution in [-0.2, 0) is 17.1 Å². The average molecular weight is 514 g/mol. The summed E-state index contributed by atoms with van der Waals surface area (Å²) in [6.07, 6.45) is 4.33. The van der Waals surface area contributed by atoms with Crippen LogP contribution in [0.1, 0.15) is 45.4 Å². The van der Waals surface area contributed by atoms with Gasteiger partial charge in [-0.15, -0.1) is 0 Å². The van der Waals surface area contributed by atoms with E-state index in [-0.39, 0.29) is 5.04 Å². The van der Waals surface area contributed by atoms with Gasteiger partial charge in [-0.25, -0.2) is 4.98 Å². The van der Waals surface area contributed by atoms with Gasteiger partial charge in [0.1, 0.15) is 5.60 Å². The highest BCUT2D eigenvalue weighted by atomic mass is 79.9. The molecule has 0 spiro atoms. The molecule has 0 N–H and O–H groups in total. The van der Waals surface area contributed by atoms with Gasteiger partial charge in [-0.05, 0) is 53.0 Å². The molecule has 1 unspecified atom stereocenters. The van der Waals surface area contributed by atoms with Crippen molar-refractivity contribution >= 4 is 71.7 Å². The lowest BCUT2D eigenvalue weighted by molar-refractivity contribution is 0.0853. The molecular weight excluding hydrogens is 482 g/mol. The number of hydrogen-bond acceptors (Lipinski definition) is 2. The number of nitrogens with zero attached hydrogens (tertiary/aromatic N) is 2. The summed E-state index contributed by atoms with van der Waals surface area (Å²) in [5, 5.41) is 2.53. The maximum atomic E-state index is 7.22. The van der Waals surface area contributed by atoms with Crippen LogP contribution >= 0.6 is 15.9 Å². The molecule has 33 heavy (non-hydrogen) atoms. The molecule has 0 aliphatic carbocycles. The number of hydrogen-bond donors (Lipinski definition) is 0. The third-order valence-corrected chi connectivity index (χ3v) is 11.3. The van der Waals surface area contributed by atoms with Crippen LogP contribution in [-0.4, -0.2) is 54.5 Å². The number of benzene rings is 2. The monoisotopic (exact) mass is 513 g/mol. The second kappa shape index (κ2) is 11.1. The van der Waals surface area contributed by atoms with Gasteiger partial charge in [0.15, 0.2) is 8.32 Å². The van der Waals surface area contributed by atoms with Gasteiger partial charge < -0.3 is 8.99 Å². The summed E-state index contributed by atoms with van der Waals surface area (Å²) in [6, 6.07) is 13.0. The molecule has 0 saturated carbocycles. The summed E-state index contributed by atoms with van der Waals surface area (Å²) in [7, 11) is 15.7. The summed E-state index contributed by atoms with van der Waals surface area (Å²) in [5.41, 5.74) is 1.59. The molecule has 0 saturated heterocycles. The first-order valence-corrected chi connectivity index (χ1v) is 14.9. The Hall–Kier alpha value is -1.11. The first kappa shape index (κ1) is 28.1. The third-order valence-electron chi connectivity index (χ3n) is 6.35. The summed E-state index contributed by atoms with van der Waals surface area (Å²) >= 11 is 3.66. The normalized spacial score (nSPS) is 13.7. The number of halogens is 1. The molecule has 1 atom stereocenters. The Morgan fingerprint density at radius 3 is 2.30 bits per heavy atom. The minimum atomic E-state index is -2.08. The van der Waals surface area contributed by atoms with E-state index in [1.165, 1.54) is 23.4 Å². The summed E-state index contributed by atoms with van der Waals surface area (Å²) in [6.45, 7) is 13.7. The Kier molecular flexibility index (Phi) is 9.45. The average Bonchev–Trinajstić information content (AvgIpc) is 3.18. The number of rotatable bonds is 6. The first-order chi connectivity index (χ1) is 15.3. The van der Waals surface area contributed by atoms with Crippen molar-refractivity contribution in [1.29, 1.82) is 0 Å². The first-order valence-electron chi connectivity index (χ1n) is 11.2. The highest BCUT2D eigenvalue weighted by Gasteiger charge is 2.47. The molecule has 10 heteroatoms. The van der Waals surface area contributed by atoms with Crippen molar-refractivity contribution in [1.82, 2.24) is 9.55 Å². The molecule has 0 aliphatic rings. The fraction of sp³-hybridized carbons (Fsp3) is 0.435. The molecule has 1 aromatic heterocycles. The van der Waals surface area contributed by atoms with Crippen molar-refractivity contribution in [2.45, 2.75) is 57.8 Å². The zero-order valence-electron chi connectivity index (χ0n) is 20.9. The van der Waals surface area contributed by atoms with Crippen molar-refractivity contribution in [2.75, 3.05) is 0 Å². The van der Waals surface area contributed by atoms with Gasteiger partial charge >= 0.3 is 0 Å². The minimum Gasteiger partial charge on any atom is -0.402 e. The molecule has 3 aromatic rings.